The maximum absolute atomic E-state index is 11.1. The molecule has 0 radical (unpaired) electrons. The van der Waals surface area contributed by atoms with Gasteiger partial charge >= 0.3 is 18.0 Å². The van der Waals surface area contributed by atoms with Gasteiger partial charge in [0.1, 0.15) is 19.8 Å². The van der Waals surface area contributed by atoms with Gasteiger partial charge in [0.2, 0.25) is 5.91 Å². The number of hydrogen-bond acceptors (Lipinski definition) is 8. The van der Waals surface area contributed by atoms with Gasteiger partial charge in [-0.05, 0) is 0 Å². The summed E-state index contributed by atoms with van der Waals surface area (Å²) in [6, 6.07) is 0. The van der Waals surface area contributed by atoms with Crippen LogP contribution in [0.3, 0.4) is 0 Å². The zero-order chi connectivity index (χ0) is 16.1. The second kappa shape index (κ2) is 11.5. The van der Waals surface area contributed by atoms with Crippen molar-refractivity contribution in [2.24, 2.45) is 0 Å². The number of rotatable bonds is 9. The molecule has 0 aliphatic rings. The number of hydrogen-bond donors (Lipinski definition) is 2. The summed E-state index contributed by atoms with van der Waals surface area (Å²) >= 11 is 0. The summed E-state index contributed by atoms with van der Waals surface area (Å²) in [5, 5.41) is 4.48. The molecule has 0 saturated carbocycles. The van der Waals surface area contributed by atoms with Crippen molar-refractivity contribution in [3.05, 3.63) is 0 Å². The summed E-state index contributed by atoms with van der Waals surface area (Å²) in [6.45, 7) is 0.0970. The molecule has 21 heavy (non-hydrogen) atoms. The standard InChI is InChI=1S/C11H18N2O8/c1-8(14)12-7-13-11(17)21-6-10(16)20-4-3-19-9(15)5-18-2/h3-7H2,1-2H3,(H,12,14)(H,13,17). The van der Waals surface area contributed by atoms with Crippen molar-refractivity contribution >= 4 is 23.9 Å². The van der Waals surface area contributed by atoms with Crippen LogP contribution < -0.4 is 10.6 Å². The molecule has 0 aliphatic heterocycles. The first-order valence-electron chi connectivity index (χ1n) is 5.91. The molecule has 0 unspecified atom stereocenters. The minimum Gasteiger partial charge on any atom is -0.460 e. The van der Waals surface area contributed by atoms with Gasteiger partial charge in [0, 0.05) is 14.0 Å². The molecule has 0 heterocycles. The molecule has 120 valence electrons. The van der Waals surface area contributed by atoms with E-state index in [1.807, 2.05) is 0 Å². The maximum Gasteiger partial charge on any atom is 0.409 e. The normalized spacial score (nSPS) is 9.43. The minimum absolute atomic E-state index is 0.112. The Morgan fingerprint density at radius 2 is 1.43 bits per heavy atom. The number of ether oxygens (including phenoxy) is 4. The Bertz CT molecular complexity index is 371. The minimum atomic E-state index is -0.882. The van der Waals surface area contributed by atoms with Crippen LogP contribution in [0.4, 0.5) is 4.79 Å². The van der Waals surface area contributed by atoms with Gasteiger partial charge in [0.25, 0.3) is 0 Å². The van der Waals surface area contributed by atoms with E-state index in [2.05, 4.69) is 29.6 Å². The summed E-state index contributed by atoms with van der Waals surface area (Å²) in [5.41, 5.74) is 0. The molecule has 0 fully saturated rings. The van der Waals surface area contributed by atoms with Crippen LogP contribution in [0.15, 0.2) is 0 Å². The van der Waals surface area contributed by atoms with Gasteiger partial charge in [-0.1, -0.05) is 0 Å². The lowest BCUT2D eigenvalue weighted by Gasteiger charge is -2.08. The number of carbonyl (C=O) groups excluding carboxylic acids is 4. The molecule has 0 saturated heterocycles. The summed E-state index contributed by atoms with van der Waals surface area (Å²) in [7, 11) is 1.34. The highest BCUT2D eigenvalue weighted by molar-refractivity contribution is 5.76. The second-order valence-corrected chi connectivity index (χ2v) is 3.54. The molecule has 10 heteroatoms. The van der Waals surface area contributed by atoms with E-state index in [0.717, 1.165) is 0 Å². The fourth-order valence-electron chi connectivity index (χ4n) is 0.929. The van der Waals surface area contributed by atoms with Crippen molar-refractivity contribution in [1.82, 2.24) is 10.6 Å². The van der Waals surface area contributed by atoms with Gasteiger partial charge in [-0.15, -0.1) is 0 Å². The Hall–Kier alpha value is -2.36. The van der Waals surface area contributed by atoms with Crippen molar-refractivity contribution in [3.63, 3.8) is 0 Å². The van der Waals surface area contributed by atoms with Crippen LogP contribution in [0.5, 0.6) is 0 Å². The van der Waals surface area contributed by atoms with E-state index in [0.29, 0.717) is 0 Å². The number of methoxy groups -OCH3 is 1. The Morgan fingerprint density at radius 3 is 1.95 bits per heavy atom. The van der Waals surface area contributed by atoms with E-state index in [4.69, 9.17) is 0 Å². The molecule has 10 nitrogen and oxygen atoms in total. The molecule has 0 atom stereocenters. The maximum atomic E-state index is 11.1. The number of esters is 2. The molecule has 2 amide bonds. The molecule has 0 spiro atoms. The highest BCUT2D eigenvalue weighted by Gasteiger charge is 2.08. The van der Waals surface area contributed by atoms with Crippen LogP contribution in [-0.2, 0) is 33.3 Å². The monoisotopic (exact) mass is 306 g/mol. The van der Waals surface area contributed by atoms with E-state index >= 15 is 0 Å². The predicted octanol–water partition coefficient (Wildman–Crippen LogP) is -1.46. The SMILES string of the molecule is COCC(=O)OCCOC(=O)COC(=O)NCNC(C)=O. The van der Waals surface area contributed by atoms with Crippen molar-refractivity contribution in [2.75, 3.05) is 40.2 Å². The quantitative estimate of drug-likeness (QED) is 0.229. The van der Waals surface area contributed by atoms with Gasteiger partial charge in [0.15, 0.2) is 6.61 Å². The molecule has 0 aromatic heterocycles. The van der Waals surface area contributed by atoms with Gasteiger partial charge < -0.3 is 29.6 Å². The van der Waals surface area contributed by atoms with Crippen molar-refractivity contribution in [2.45, 2.75) is 6.92 Å². The Morgan fingerprint density at radius 1 is 0.857 bits per heavy atom. The number of carbonyl (C=O) groups is 4. The molecule has 0 aliphatic carbocycles. The van der Waals surface area contributed by atoms with Crippen LogP contribution >= 0.6 is 0 Å². The number of nitrogens with one attached hydrogen (secondary N) is 2. The summed E-state index contributed by atoms with van der Waals surface area (Å²) in [6.07, 6.45) is -0.882. The van der Waals surface area contributed by atoms with E-state index in [1.54, 1.807) is 0 Å². The second-order valence-electron chi connectivity index (χ2n) is 3.54. The third-order valence-electron chi connectivity index (χ3n) is 1.76. The fourth-order valence-corrected chi connectivity index (χ4v) is 0.929. The highest BCUT2D eigenvalue weighted by atomic mass is 16.6. The third kappa shape index (κ3) is 12.4. The lowest BCUT2D eigenvalue weighted by atomic mass is 10.6. The Kier molecular flexibility index (Phi) is 10.2. The van der Waals surface area contributed by atoms with E-state index in [9.17, 15) is 19.2 Å². The smallest absolute Gasteiger partial charge is 0.409 e. The summed E-state index contributed by atoms with van der Waals surface area (Å²) < 4.78 is 18.3. The average molecular weight is 306 g/mol. The first kappa shape index (κ1) is 18.6. The lowest BCUT2D eigenvalue weighted by Crippen LogP contribution is -2.37. The fraction of sp³-hybridized carbons (Fsp3) is 0.636. The van der Waals surface area contributed by atoms with Gasteiger partial charge in [-0.2, -0.15) is 0 Å². The first-order chi connectivity index (χ1) is 9.95. The van der Waals surface area contributed by atoms with Crippen LogP contribution in [0.25, 0.3) is 0 Å². The van der Waals surface area contributed by atoms with Crippen molar-refractivity contribution < 1.29 is 38.1 Å². The largest absolute Gasteiger partial charge is 0.460 e. The number of alkyl carbamates (subject to hydrolysis) is 1. The first-order valence-corrected chi connectivity index (χ1v) is 5.91. The van der Waals surface area contributed by atoms with Crippen LogP contribution in [0.2, 0.25) is 0 Å². The van der Waals surface area contributed by atoms with E-state index in [-0.39, 0.29) is 32.4 Å². The van der Waals surface area contributed by atoms with E-state index < -0.39 is 24.6 Å². The van der Waals surface area contributed by atoms with Crippen molar-refractivity contribution in [1.29, 1.82) is 0 Å². The molecular weight excluding hydrogens is 288 g/mol. The van der Waals surface area contributed by atoms with Gasteiger partial charge in [0.05, 0.1) is 6.67 Å². The van der Waals surface area contributed by atoms with E-state index in [1.165, 1.54) is 14.0 Å². The van der Waals surface area contributed by atoms with Crippen LogP contribution in [-0.4, -0.2) is 64.1 Å². The number of amides is 2. The van der Waals surface area contributed by atoms with Gasteiger partial charge in [-0.25, -0.2) is 14.4 Å². The van der Waals surface area contributed by atoms with Crippen molar-refractivity contribution in [3.8, 4) is 0 Å². The molecular formula is C11H18N2O8. The van der Waals surface area contributed by atoms with Crippen LogP contribution in [0, 0.1) is 0 Å². The molecule has 0 aromatic rings. The zero-order valence-corrected chi connectivity index (χ0v) is 11.8. The lowest BCUT2D eigenvalue weighted by molar-refractivity contribution is -0.156. The Balaban J connectivity index is 3.55. The molecule has 2 N–H and O–H groups in total. The van der Waals surface area contributed by atoms with Crippen LogP contribution in [0.1, 0.15) is 6.92 Å². The summed E-state index contributed by atoms with van der Waals surface area (Å²) in [4.78, 5) is 43.5. The van der Waals surface area contributed by atoms with Gasteiger partial charge in [-0.3, -0.25) is 4.79 Å². The summed E-state index contributed by atoms with van der Waals surface area (Å²) in [5.74, 6) is -1.70. The molecule has 0 bridgehead atoms. The topological polar surface area (TPSA) is 129 Å². The molecule has 0 aromatic carbocycles. The third-order valence-corrected chi connectivity index (χ3v) is 1.76. The zero-order valence-electron chi connectivity index (χ0n) is 11.8. The Labute approximate surface area is 121 Å². The predicted molar refractivity (Wildman–Crippen MR) is 67.0 cm³/mol. The highest BCUT2D eigenvalue weighted by Crippen LogP contribution is 1.86. The molecule has 0 rings (SSSR count). The average Bonchev–Trinajstić information content (AvgIpc) is 2.41.